The van der Waals surface area contributed by atoms with E-state index in [0.29, 0.717) is 0 Å². The second-order valence-electron chi connectivity index (χ2n) is 7.96. The van der Waals surface area contributed by atoms with Gasteiger partial charge >= 0.3 is 24.1 Å². The van der Waals surface area contributed by atoms with Crippen molar-refractivity contribution in [3.63, 3.8) is 0 Å². The molecular weight excluding hydrogens is 443 g/mol. The van der Waals surface area contributed by atoms with E-state index in [0.717, 1.165) is 0 Å². The number of carbonyl (C=O) groups is 4. The van der Waals surface area contributed by atoms with Gasteiger partial charge in [0.05, 0.1) is 19.8 Å². The summed E-state index contributed by atoms with van der Waals surface area (Å²) >= 11 is 0. The number of carbonyl (C=O) groups excluding carboxylic acids is 4. The summed E-state index contributed by atoms with van der Waals surface area (Å²) in [5.41, 5.74) is -1.40. The molecule has 0 bridgehead atoms. The van der Waals surface area contributed by atoms with Gasteiger partial charge in [0, 0.05) is 0 Å². The lowest BCUT2D eigenvalue weighted by Gasteiger charge is -2.21. The Morgan fingerprint density at radius 2 is 1.30 bits per heavy atom. The lowest BCUT2D eigenvalue weighted by atomic mass is 10.2. The summed E-state index contributed by atoms with van der Waals surface area (Å²) in [6.45, 7) is 16.8. The van der Waals surface area contributed by atoms with E-state index < -0.39 is 48.0 Å². The molecule has 0 saturated carbocycles. The first-order chi connectivity index (χ1) is 14.1. The number of aliphatic hydroxyl groups excluding tert-OH is 1. The van der Waals surface area contributed by atoms with Crippen molar-refractivity contribution in [2.75, 3.05) is 19.8 Å². The molecular formula is C21H41FN2O9. The monoisotopic (exact) mass is 484 g/mol. The second kappa shape index (κ2) is 17.6. The van der Waals surface area contributed by atoms with Gasteiger partial charge in [-0.05, 0) is 55.4 Å². The van der Waals surface area contributed by atoms with Crippen molar-refractivity contribution in [3.05, 3.63) is 12.3 Å². The van der Waals surface area contributed by atoms with Gasteiger partial charge < -0.3 is 29.4 Å². The summed E-state index contributed by atoms with van der Waals surface area (Å²) in [6.07, 6.45) is -1.49. The average molecular weight is 485 g/mol. The number of aliphatic hydroxyl groups is 1. The Balaban J connectivity index is -0.000000241. The molecule has 196 valence electrons. The predicted octanol–water partition coefficient (Wildman–Crippen LogP) is 2.81. The number of esters is 2. The van der Waals surface area contributed by atoms with Gasteiger partial charge in [0.15, 0.2) is 6.04 Å². The molecule has 0 spiro atoms. The van der Waals surface area contributed by atoms with Gasteiger partial charge in [-0.2, -0.15) is 0 Å². The van der Waals surface area contributed by atoms with Crippen LogP contribution < -0.4 is 10.6 Å². The highest BCUT2D eigenvalue weighted by atomic mass is 19.0. The number of amides is 2. The van der Waals surface area contributed by atoms with Crippen LogP contribution in [0.3, 0.4) is 0 Å². The molecule has 11 nitrogen and oxygen atoms in total. The van der Waals surface area contributed by atoms with E-state index in [9.17, 15) is 19.2 Å². The highest BCUT2D eigenvalue weighted by Crippen LogP contribution is 2.07. The van der Waals surface area contributed by atoms with Crippen molar-refractivity contribution in [1.82, 2.24) is 10.6 Å². The molecule has 33 heavy (non-hydrogen) atoms. The molecule has 0 radical (unpaired) electrons. The van der Waals surface area contributed by atoms with Gasteiger partial charge in [0.2, 0.25) is 0 Å². The van der Waals surface area contributed by atoms with Gasteiger partial charge in [-0.3, -0.25) is 10.0 Å². The quantitative estimate of drug-likeness (QED) is 0.282. The highest BCUT2D eigenvalue weighted by molar-refractivity contribution is 5.91. The molecule has 0 aliphatic rings. The zero-order valence-electron chi connectivity index (χ0n) is 20.0. The van der Waals surface area contributed by atoms with Crippen LogP contribution in [0.2, 0.25) is 0 Å². The van der Waals surface area contributed by atoms with Crippen molar-refractivity contribution in [1.29, 1.82) is 0 Å². The van der Waals surface area contributed by atoms with Gasteiger partial charge in [0.1, 0.15) is 16.9 Å². The third-order valence-corrected chi connectivity index (χ3v) is 2.62. The van der Waals surface area contributed by atoms with E-state index in [2.05, 4.69) is 26.7 Å². The fraction of sp³-hybridized carbons (Fsp3) is 0.714. The van der Waals surface area contributed by atoms with Crippen LogP contribution >= 0.6 is 0 Å². The molecule has 0 aromatic carbocycles. The fourth-order valence-electron chi connectivity index (χ4n) is 1.57. The molecule has 1 unspecified atom stereocenters. The van der Waals surface area contributed by atoms with Gasteiger partial charge in [-0.1, -0.05) is 14.0 Å². The van der Waals surface area contributed by atoms with Crippen molar-refractivity contribution in [2.24, 2.45) is 0 Å². The third kappa shape index (κ3) is 22.1. The Morgan fingerprint density at radius 1 is 0.879 bits per heavy atom. The number of nitrogens with one attached hydrogen (secondary N) is 2. The number of ether oxygens (including phenoxy) is 4. The zero-order valence-corrected chi connectivity index (χ0v) is 20.0. The second-order valence-corrected chi connectivity index (χ2v) is 7.96. The van der Waals surface area contributed by atoms with Crippen molar-refractivity contribution in [2.45, 2.75) is 80.1 Å². The van der Waals surface area contributed by atoms with Crippen LogP contribution in [0, 0.1) is 0 Å². The van der Waals surface area contributed by atoms with Crippen molar-refractivity contribution < 1.29 is 47.9 Å². The summed E-state index contributed by atoms with van der Waals surface area (Å²) < 4.78 is 19.1. The third-order valence-electron chi connectivity index (χ3n) is 2.62. The molecule has 12 heteroatoms. The Labute approximate surface area is 195 Å². The molecule has 0 aromatic rings. The number of alkyl carbamates (subject to hydrolysis) is 2. The van der Waals surface area contributed by atoms with Crippen molar-refractivity contribution >= 4 is 24.1 Å². The van der Waals surface area contributed by atoms with Gasteiger partial charge in [0.25, 0.3) is 0 Å². The average Bonchev–Trinajstić information content (AvgIpc) is 2.57. The van der Waals surface area contributed by atoms with Crippen molar-refractivity contribution in [3.8, 4) is 0 Å². The maximum atomic E-state index is 11.3. The number of rotatable bonds is 7. The minimum atomic E-state index is -1.09. The molecule has 3 N–H and O–H groups in total. The van der Waals surface area contributed by atoms with Crippen LogP contribution in [0.25, 0.3) is 0 Å². The first-order valence-electron chi connectivity index (χ1n) is 9.69. The standard InChI is InChI=1S/C10H19NO5.C10H17NO4.CH4.FH/c1-5-15-8(13)7(6-12)11-9(14)16-10(2,3)4;1-6-14-8(12)7(2)11-9(13)15-10(3,4)5;;/h7,12H,5-6H2,1-4H3,(H,11,14);2,6H2,1,3-5H3,(H,11,13);1H4;1H. The van der Waals surface area contributed by atoms with E-state index in [1.807, 2.05) is 0 Å². The Hall–Kier alpha value is -2.89. The summed E-state index contributed by atoms with van der Waals surface area (Å²) in [4.78, 5) is 44.7. The molecule has 0 saturated heterocycles. The fourth-order valence-corrected chi connectivity index (χ4v) is 1.57. The Morgan fingerprint density at radius 3 is 1.67 bits per heavy atom. The Kier molecular flexibility index (Phi) is 20.0. The smallest absolute Gasteiger partial charge is 0.412 e. The normalized spacial score (nSPS) is 10.9. The lowest BCUT2D eigenvalue weighted by molar-refractivity contribution is -0.146. The molecule has 0 aliphatic carbocycles. The molecule has 1 atom stereocenters. The number of hydrogen-bond donors (Lipinski definition) is 3. The first kappa shape index (κ1) is 37.4. The maximum absolute atomic E-state index is 11.3. The SMILES string of the molecule is C.C=C(NC(=O)OC(C)(C)C)C(=O)OCC.CCOC(=O)C(CO)NC(=O)OC(C)(C)C.F. The van der Waals surface area contributed by atoms with Gasteiger partial charge in [-0.15, -0.1) is 0 Å². The van der Waals surface area contributed by atoms with E-state index in [1.165, 1.54) is 0 Å². The van der Waals surface area contributed by atoms with Crippen LogP contribution in [-0.4, -0.2) is 66.3 Å². The van der Waals surface area contributed by atoms with Crippen LogP contribution in [-0.2, 0) is 28.5 Å². The number of hydrogen-bond acceptors (Lipinski definition) is 9. The first-order valence-corrected chi connectivity index (χ1v) is 9.69. The minimum Gasteiger partial charge on any atom is -0.464 e. The predicted molar refractivity (Wildman–Crippen MR) is 121 cm³/mol. The molecule has 0 fully saturated rings. The largest absolute Gasteiger partial charge is 0.464 e. The van der Waals surface area contributed by atoms with Crippen LogP contribution in [0.4, 0.5) is 14.3 Å². The molecule has 0 heterocycles. The maximum Gasteiger partial charge on any atom is 0.412 e. The van der Waals surface area contributed by atoms with E-state index in [-0.39, 0.29) is 31.0 Å². The molecule has 0 aromatic heterocycles. The van der Waals surface area contributed by atoms with E-state index >= 15 is 0 Å². The van der Waals surface area contributed by atoms with E-state index in [1.54, 1.807) is 55.4 Å². The van der Waals surface area contributed by atoms with E-state index in [4.69, 9.17) is 14.6 Å². The zero-order chi connectivity index (χ0) is 24.8. The van der Waals surface area contributed by atoms with Crippen LogP contribution in [0.1, 0.15) is 62.8 Å². The number of halogens is 1. The molecule has 0 aliphatic heterocycles. The van der Waals surface area contributed by atoms with Crippen LogP contribution in [0.15, 0.2) is 12.3 Å². The van der Waals surface area contributed by atoms with Gasteiger partial charge in [-0.25, -0.2) is 19.2 Å². The lowest BCUT2D eigenvalue weighted by Crippen LogP contribution is -2.46. The summed E-state index contributed by atoms with van der Waals surface area (Å²) in [5.74, 6) is -1.35. The molecule has 0 rings (SSSR count). The summed E-state index contributed by atoms with van der Waals surface area (Å²) in [7, 11) is 0. The Bertz CT molecular complexity index is 626. The highest BCUT2D eigenvalue weighted by Gasteiger charge is 2.24. The van der Waals surface area contributed by atoms with Crippen LogP contribution in [0.5, 0.6) is 0 Å². The summed E-state index contributed by atoms with van der Waals surface area (Å²) in [6, 6.07) is -1.09. The summed E-state index contributed by atoms with van der Waals surface area (Å²) in [5, 5.41) is 13.3. The topological polar surface area (TPSA) is 149 Å². The molecule has 2 amide bonds. The minimum absolute atomic E-state index is 0.